The van der Waals surface area contributed by atoms with Crippen molar-refractivity contribution in [3.05, 3.63) is 52.7 Å². The minimum atomic E-state index is -0.623. The highest BCUT2D eigenvalue weighted by Crippen LogP contribution is 2.28. The molecule has 1 aliphatic heterocycles. The number of hydrogen-bond donors (Lipinski definition) is 6. The van der Waals surface area contributed by atoms with E-state index in [0.29, 0.717) is 23.7 Å². The summed E-state index contributed by atoms with van der Waals surface area (Å²) in [7, 11) is 5.34. The second kappa shape index (κ2) is 12.5. The van der Waals surface area contributed by atoms with Crippen molar-refractivity contribution in [2.45, 2.75) is 51.4 Å². The number of rotatable bonds is 10. The van der Waals surface area contributed by atoms with Gasteiger partial charge in [-0.05, 0) is 67.6 Å². The van der Waals surface area contributed by atoms with E-state index in [4.69, 9.17) is 11.8 Å². The third-order valence-corrected chi connectivity index (χ3v) is 6.84. The molecule has 0 saturated heterocycles. The maximum absolute atomic E-state index is 14.4. The third-order valence-electron chi connectivity index (χ3n) is 6.84. The molecule has 0 aromatic heterocycles. The van der Waals surface area contributed by atoms with Crippen molar-refractivity contribution in [1.82, 2.24) is 31.5 Å². The van der Waals surface area contributed by atoms with Gasteiger partial charge < -0.3 is 31.5 Å². The summed E-state index contributed by atoms with van der Waals surface area (Å²) in [4.78, 5) is 14.9. The van der Waals surface area contributed by atoms with Crippen LogP contribution in [0.4, 0.5) is 4.39 Å². The number of nitrogens with one attached hydrogen (secondary N) is 6. The van der Waals surface area contributed by atoms with Gasteiger partial charge in [0.25, 0.3) is 5.91 Å². The van der Waals surface area contributed by atoms with Gasteiger partial charge in [-0.3, -0.25) is 10.2 Å². The van der Waals surface area contributed by atoms with Gasteiger partial charge >= 0.3 is 0 Å². The lowest BCUT2D eigenvalue weighted by atomic mass is 9.99. The Labute approximate surface area is 213 Å². The Morgan fingerprint density at radius 1 is 1.33 bits per heavy atom. The number of amidine groups is 1. The van der Waals surface area contributed by atoms with Gasteiger partial charge in [0.1, 0.15) is 23.0 Å². The molecule has 0 radical (unpaired) electrons. The molecular formula is C27H38FN7O. The van der Waals surface area contributed by atoms with Crippen LogP contribution in [0.2, 0.25) is 0 Å². The van der Waals surface area contributed by atoms with Crippen molar-refractivity contribution >= 4 is 17.3 Å². The second-order valence-corrected chi connectivity index (χ2v) is 9.42. The summed E-state index contributed by atoms with van der Waals surface area (Å²) in [5.41, 5.74) is 2.90. The molecule has 1 heterocycles. The van der Waals surface area contributed by atoms with Crippen LogP contribution in [0.1, 0.15) is 43.7 Å². The van der Waals surface area contributed by atoms with E-state index in [2.05, 4.69) is 39.4 Å². The Morgan fingerprint density at radius 2 is 2.06 bits per heavy atom. The topological polar surface area (TPSA) is 104 Å². The molecular weight excluding hydrogens is 457 g/mol. The number of amides is 1. The van der Waals surface area contributed by atoms with Crippen LogP contribution >= 0.6 is 0 Å². The number of benzene rings is 1. The summed E-state index contributed by atoms with van der Waals surface area (Å²) in [6.07, 6.45) is 11.5. The molecule has 2 aliphatic rings. The van der Waals surface area contributed by atoms with E-state index in [0.717, 1.165) is 24.0 Å². The number of halogens is 1. The lowest BCUT2D eigenvalue weighted by molar-refractivity contribution is -0.118. The zero-order chi connectivity index (χ0) is 26.2. The van der Waals surface area contributed by atoms with E-state index < -0.39 is 12.1 Å². The van der Waals surface area contributed by atoms with Crippen molar-refractivity contribution in [2.24, 2.45) is 5.92 Å². The second-order valence-electron chi connectivity index (χ2n) is 9.42. The summed E-state index contributed by atoms with van der Waals surface area (Å²) in [6, 6.07) is 4.84. The van der Waals surface area contributed by atoms with Crippen molar-refractivity contribution < 1.29 is 9.18 Å². The summed E-state index contributed by atoms with van der Waals surface area (Å²) in [5, 5.41) is 24.1. The summed E-state index contributed by atoms with van der Waals surface area (Å²) in [5.74, 6) is 2.46. The fourth-order valence-electron chi connectivity index (χ4n) is 4.82. The van der Waals surface area contributed by atoms with E-state index >= 15 is 0 Å². The molecule has 3 rings (SSSR count). The first-order valence-corrected chi connectivity index (χ1v) is 12.4. The zero-order valence-corrected chi connectivity index (χ0v) is 21.6. The van der Waals surface area contributed by atoms with Crippen LogP contribution < -0.4 is 26.6 Å². The maximum atomic E-state index is 14.4. The lowest BCUT2D eigenvalue weighted by Crippen LogP contribution is -2.56. The minimum absolute atomic E-state index is 0.110. The average Bonchev–Trinajstić information content (AvgIpc) is 3.40. The summed E-state index contributed by atoms with van der Waals surface area (Å²) in [6.45, 7) is 2.77. The molecule has 1 saturated carbocycles. The van der Waals surface area contributed by atoms with Crippen molar-refractivity contribution in [3.8, 4) is 12.3 Å². The standard InChI is InChI=1S/C27H38FN7O/c1-6-23-34-25(24(26(29)35(23)5)33-17(2)19-9-7-8-10-19)27(36)32-14-18-11-20(13-22(28)12-18)21(15-30-3)16-31-4/h1,11-13,15,17,19,23,29-31,33-34H,7-10,14,16H2,2-5H3,(H,32,36)/b21-15+,29-26?. The molecule has 6 N–H and O–H groups in total. The van der Waals surface area contributed by atoms with Gasteiger partial charge in [0, 0.05) is 39.4 Å². The van der Waals surface area contributed by atoms with Crippen molar-refractivity contribution in [2.75, 3.05) is 27.7 Å². The molecule has 0 spiro atoms. The Hall–Kier alpha value is -3.51. The van der Waals surface area contributed by atoms with Crippen LogP contribution in [0.3, 0.4) is 0 Å². The third kappa shape index (κ3) is 6.38. The molecule has 1 aromatic rings. The van der Waals surface area contributed by atoms with E-state index in [-0.39, 0.29) is 29.9 Å². The zero-order valence-electron chi connectivity index (χ0n) is 21.6. The number of carbonyl (C=O) groups excluding carboxylic acids is 1. The molecule has 1 aliphatic carbocycles. The number of likely N-dealkylation sites (N-methyl/N-ethyl adjacent to an activating group) is 2. The van der Waals surface area contributed by atoms with Gasteiger partial charge in [-0.2, -0.15) is 0 Å². The smallest absolute Gasteiger partial charge is 0.270 e. The van der Waals surface area contributed by atoms with Crippen LogP contribution in [0, 0.1) is 29.5 Å². The molecule has 9 heteroatoms. The Balaban J connectivity index is 1.83. The highest BCUT2D eigenvalue weighted by Gasteiger charge is 2.33. The van der Waals surface area contributed by atoms with Gasteiger partial charge in [0.05, 0.1) is 0 Å². The summed E-state index contributed by atoms with van der Waals surface area (Å²) < 4.78 is 14.4. The number of carbonyl (C=O) groups is 1. The Morgan fingerprint density at radius 3 is 2.69 bits per heavy atom. The molecule has 1 aromatic carbocycles. The van der Waals surface area contributed by atoms with Crippen molar-refractivity contribution in [3.63, 3.8) is 0 Å². The molecule has 2 unspecified atom stereocenters. The van der Waals surface area contributed by atoms with Crippen LogP contribution in [0.25, 0.3) is 5.57 Å². The van der Waals surface area contributed by atoms with Gasteiger partial charge in [-0.25, -0.2) is 4.39 Å². The first-order chi connectivity index (χ1) is 17.3. The molecule has 8 nitrogen and oxygen atoms in total. The van der Waals surface area contributed by atoms with E-state index in [1.807, 2.05) is 19.3 Å². The molecule has 1 fully saturated rings. The van der Waals surface area contributed by atoms with E-state index in [1.165, 1.54) is 25.0 Å². The van der Waals surface area contributed by atoms with Crippen LogP contribution in [-0.2, 0) is 11.3 Å². The minimum Gasteiger partial charge on any atom is -0.394 e. The number of nitrogens with zero attached hydrogens (tertiary/aromatic N) is 1. The average molecular weight is 496 g/mol. The summed E-state index contributed by atoms with van der Waals surface area (Å²) >= 11 is 0. The van der Waals surface area contributed by atoms with Crippen LogP contribution in [-0.4, -0.2) is 56.5 Å². The van der Waals surface area contributed by atoms with Crippen LogP contribution in [0.15, 0.2) is 35.8 Å². The Kier molecular flexibility index (Phi) is 9.37. The number of terminal acetylenes is 1. The van der Waals surface area contributed by atoms with Gasteiger partial charge in [0.15, 0.2) is 6.17 Å². The lowest BCUT2D eigenvalue weighted by Gasteiger charge is -2.37. The fraction of sp³-hybridized carbons (Fsp3) is 0.481. The monoisotopic (exact) mass is 495 g/mol. The molecule has 194 valence electrons. The SMILES string of the molecule is C#CC1NC(C(=O)NCc2cc(F)cc(/C(=C/NC)CNC)c2)=C(NC(C)C2CCCC2)C(=N)N1C. The first-order valence-electron chi connectivity index (χ1n) is 12.4. The normalized spacial score (nSPS) is 19.6. The predicted molar refractivity (Wildman–Crippen MR) is 142 cm³/mol. The van der Waals surface area contributed by atoms with E-state index in [1.54, 1.807) is 19.0 Å². The molecule has 2 atom stereocenters. The predicted octanol–water partition coefficient (Wildman–Crippen LogP) is 2.07. The van der Waals surface area contributed by atoms with Crippen LogP contribution in [0.5, 0.6) is 0 Å². The van der Waals surface area contributed by atoms with Gasteiger partial charge in [-0.15, -0.1) is 6.42 Å². The largest absolute Gasteiger partial charge is 0.394 e. The number of hydrogen-bond acceptors (Lipinski definition) is 6. The fourth-order valence-corrected chi connectivity index (χ4v) is 4.82. The van der Waals surface area contributed by atoms with E-state index in [9.17, 15) is 9.18 Å². The molecule has 1 amide bonds. The molecule has 0 bridgehead atoms. The molecule has 36 heavy (non-hydrogen) atoms. The highest BCUT2D eigenvalue weighted by atomic mass is 19.1. The highest BCUT2D eigenvalue weighted by molar-refractivity contribution is 6.06. The van der Waals surface area contributed by atoms with Gasteiger partial charge in [-0.1, -0.05) is 18.8 Å². The Bertz CT molecular complexity index is 1070. The quantitative estimate of drug-likeness (QED) is 0.278. The first kappa shape index (κ1) is 27.1. The maximum Gasteiger partial charge on any atom is 0.270 e. The van der Waals surface area contributed by atoms with Crippen molar-refractivity contribution in [1.29, 1.82) is 5.41 Å². The van der Waals surface area contributed by atoms with Gasteiger partial charge in [0.2, 0.25) is 0 Å².